The number of carbonyl (C=O) groups excluding carboxylic acids is 1. The predicted octanol–water partition coefficient (Wildman–Crippen LogP) is 3.01. The second-order valence-electron chi connectivity index (χ2n) is 4.65. The Balaban J connectivity index is 1.80. The molecule has 1 N–H and O–H groups in total. The van der Waals surface area contributed by atoms with Gasteiger partial charge in [0.1, 0.15) is 5.01 Å². The molecule has 0 bridgehead atoms. The van der Waals surface area contributed by atoms with Crippen molar-refractivity contribution in [3.8, 4) is 0 Å². The van der Waals surface area contributed by atoms with Gasteiger partial charge in [-0.3, -0.25) is 4.79 Å². The van der Waals surface area contributed by atoms with Crippen molar-refractivity contribution in [2.75, 3.05) is 5.32 Å². The zero-order chi connectivity index (χ0) is 12.1. The fourth-order valence-corrected chi connectivity index (χ4v) is 3.12. The van der Waals surface area contributed by atoms with E-state index >= 15 is 0 Å². The fourth-order valence-electron chi connectivity index (χ4n) is 2.27. The lowest BCUT2D eigenvalue weighted by Crippen LogP contribution is -2.14. The normalized spacial score (nSPS) is 16.3. The minimum absolute atomic E-state index is 0.0936. The van der Waals surface area contributed by atoms with Gasteiger partial charge in [-0.05, 0) is 25.2 Å². The summed E-state index contributed by atoms with van der Waals surface area (Å²) in [4.78, 5) is 11.8. The number of amides is 1. The van der Waals surface area contributed by atoms with Gasteiger partial charge in [0.15, 0.2) is 0 Å². The minimum Gasteiger partial charge on any atom is -0.301 e. The van der Waals surface area contributed by atoms with E-state index in [0.717, 1.165) is 17.8 Å². The van der Waals surface area contributed by atoms with Gasteiger partial charge in [-0.15, -0.1) is 10.2 Å². The van der Waals surface area contributed by atoms with Gasteiger partial charge in [0.25, 0.3) is 0 Å². The summed E-state index contributed by atoms with van der Waals surface area (Å²) in [6.07, 6.45) is 7.59. The number of hydrogen-bond donors (Lipinski definition) is 1. The Hall–Kier alpha value is -0.970. The first-order chi connectivity index (χ1) is 8.28. The van der Waals surface area contributed by atoms with Gasteiger partial charge >= 0.3 is 0 Å². The average Bonchev–Trinajstić information content (AvgIpc) is 2.91. The van der Waals surface area contributed by atoms with Crippen LogP contribution in [0.15, 0.2) is 0 Å². The summed E-state index contributed by atoms with van der Waals surface area (Å²) in [5.74, 6) is 0.675. The molecule has 17 heavy (non-hydrogen) atoms. The zero-order valence-electron chi connectivity index (χ0n) is 10.2. The summed E-state index contributed by atoms with van der Waals surface area (Å²) in [5, 5.41) is 12.5. The second kappa shape index (κ2) is 6.10. The van der Waals surface area contributed by atoms with E-state index in [1.54, 1.807) is 0 Å². The first-order valence-electron chi connectivity index (χ1n) is 6.40. The standard InChI is InChI=1S/C12H19N3OS/c1-2-5-11-14-15-12(17-11)13-10(16)8-9-6-3-4-7-9/h9H,2-8H2,1H3,(H,13,15,16). The molecule has 94 valence electrons. The van der Waals surface area contributed by atoms with Crippen molar-refractivity contribution in [3.05, 3.63) is 5.01 Å². The van der Waals surface area contributed by atoms with Crippen LogP contribution in [0.25, 0.3) is 0 Å². The molecule has 0 aliphatic heterocycles. The molecule has 4 nitrogen and oxygen atoms in total. The van der Waals surface area contributed by atoms with Crippen LogP contribution in [0.4, 0.5) is 5.13 Å². The summed E-state index contributed by atoms with van der Waals surface area (Å²) in [6, 6.07) is 0. The Bertz CT molecular complexity index is 372. The monoisotopic (exact) mass is 253 g/mol. The molecule has 0 aromatic carbocycles. The van der Waals surface area contributed by atoms with Crippen molar-refractivity contribution in [2.24, 2.45) is 5.92 Å². The molecule has 0 radical (unpaired) electrons. The molecule has 0 spiro atoms. The highest BCUT2D eigenvalue weighted by atomic mass is 32.1. The van der Waals surface area contributed by atoms with E-state index in [4.69, 9.17) is 0 Å². The molecule has 1 aliphatic carbocycles. The molecule has 1 aromatic rings. The highest BCUT2D eigenvalue weighted by Crippen LogP contribution is 2.28. The number of nitrogens with zero attached hydrogens (tertiary/aromatic N) is 2. The third-order valence-electron chi connectivity index (χ3n) is 3.13. The number of nitrogens with one attached hydrogen (secondary N) is 1. The van der Waals surface area contributed by atoms with Crippen LogP contribution in [0.2, 0.25) is 0 Å². The summed E-state index contributed by atoms with van der Waals surface area (Å²) in [7, 11) is 0. The molecule has 1 saturated carbocycles. The Morgan fingerprint density at radius 2 is 2.18 bits per heavy atom. The van der Waals surface area contributed by atoms with Gasteiger partial charge in [-0.2, -0.15) is 0 Å². The Labute approximate surface area is 106 Å². The highest BCUT2D eigenvalue weighted by Gasteiger charge is 2.19. The van der Waals surface area contributed by atoms with E-state index in [0.29, 0.717) is 17.5 Å². The number of hydrogen-bond acceptors (Lipinski definition) is 4. The smallest absolute Gasteiger partial charge is 0.226 e. The topological polar surface area (TPSA) is 54.9 Å². The van der Waals surface area contributed by atoms with Crippen molar-refractivity contribution in [1.82, 2.24) is 10.2 Å². The number of aromatic nitrogens is 2. The summed E-state index contributed by atoms with van der Waals surface area (Å²) < 4.78 is 0. The summed E-state index contributed by atoms with van der Waals surface area (Å²) in [6.45, 7) is 2.11. The predicted molar refractivity (Wildman–Crippen MR) is 69.1 cm³/mol. The number of anilines is 1. The third-order valence-corrected chi connectivity index (χ3v) is 4.02. The molecule has 0 atom stereocenters. The first-order valence-corrected chi connectivity index (χ1v) is 7.22. The van der Waals surface area contributed by atoms with E-state index in [1.807, 2.05) is 0 Å². The van der Waals surface area contributed by atoms with Crippen LogP contribution in [0.1, 0.15) is 50.5 Å². The van der Waals surface area contributed by atoms with Crippen molar-refractivity contribution in [2.45, 2.75) is 51.9 Å². The molecule has 0 saturated heterocycles. The average molecular weight is 253 g/mol. The molecule has 1 heterocycles. The van der Waals surface area contributed by atoms with Crippen LogP contribution in [-0.4, -0.2) is 16.1 Å². The molecular weight excluding hydrogens is 234 g/mol. The van der Waals surface area contributed by atoms with Crippen LogP contribution in [0, 0.1) is 5.92 Å². The number of aryl methyl sites for hydroxylation is 1. The second-order valence-corrected chi connectivity index (χ2v) is 5.72. The lowest BCUT2D eigenvalue weighted by Gasteiger charge is -2.06. The van der Waals surface area contributed by atoms with Gasteiger partial charge in [-0.1, -0.05) is 31.1 Å². The number of rotatable bonds is 5. The Morgan fingerprint density at radius 1 is 1.41 bits per heavy atom. The lowest BCUT2D eigenvalue weighted by molar-refractivity contribution is -0.117. The van der Waals surface area contributed by atoms with Gasteiger partial charge < -0.3 is 5.32 Å². The summed E-state index contributed by atoms with van der Waals surface area (Å²) in [5.41, 5.74) is 0. The van der Waals surface area contributed by atoms with E-state index < -0.39 is 0 Å². The third kappa shape index (κ3) is 3.77. The van der Waals surface area contributed by atoms with Gasteiger partial charge in [0.2, 0.25) is 11.0 Å². The molecule has 0 unspecified atom stereocenters. The maximum absolute atomic E-state index is 11.8. The first kappa shape index (κ1) is 12.5. The Morgan fingerprint density at radius 3 is 2.88 bits per heavy atom. The van der Waals surface area contributed by atoms with E-state index in [-0.39, 0.29) is 5.91 Å². The van der Waals surface area contributed by atoms with E-state index in [2.05, 4.69) is 22.4 Å². The van der Waals surface area contributed by atoms with Crippen LogP contribution in [0.3, 0.4) is 0 Å². The van der Waals surface area contributed by atoms with Crippen molar-refractivity contribution in [1.29, 1.82) is 0 Å². The lowest BCUT2D eigenvalue weighted by atomic mass is 10.0. The SMILES string of the molecule is CCCc1nnc(NC(=O)CC2CCCC2)s1. The fraction of sp³-hybridized carbons (Fsp3) is 0.750. The summed E-state index contributed by atoms with van der Waals surface area (Å²) >= 11 is 1.49. The van der Waals surface area contributed by atoms with Crippen LogP contribution >= 0.6 is 11.3 Å². The van der Waals surface area contributed by atoms with Crippen molar-refractivity contribution in [3.63, 3.8) is 0 Å². The van der Waals surface area contributed by atoms with Gasteiger partial charge in [0, 0.05) is 12.8 Å². The van der Waals surface area contributed by atoms with Crippen molar-refractivity contribution >= 4 is 22.4 Å². The zero-order valence-corrected chi connectivity index (χ0v) is 11.1. The van der Waals surface area contributed by atoms with Gasteiger partial charge in [0.05, 0.1) is 0 Å². The van der Waals surface area contributed by atoms with Crippen LogP contribution in [0.5, 0.6) is 0 Å². The largest absolute Gasteiger partial charge is 0.301 e. The quantitative estimate of drug-likeness (QED) is 0.877. The van der Waals surface area contributed by atoms with Crippen LogP contribution < -0.4 is 5.32 Å². The molecule has 1 fully saturated rings. The van der Waals surface area contributed by atoms with Gasteiger partial charge in [-0.25, -0.2) is 0 Å². The maximum Gasteiger partial charge on any atom is 0.226 e. The van der Waals surface area contributed by atoms with E-state index in [1.165, 1.54) is 37.0 Å². The van der Waals surface area contributed by atoms with E-state index in [9.17, 15) is 4.79 Å². The van der Waals surface area contributed by atoms with Crippen LogP contribution in [-0.2, 0) is 11.2 Å². The molecule has 1 aliphatic rings. The van der Waals surface area contributed by atoms with Crippen molar-refractivity contribution < 1.29 is 4.79 Å². The highest BCUT2D eigenvalue weighted by molar-refractivity contribution is 7.15. The number of carbonyl (C=O) groups is 1. The maximum atomic E-state index is 11.8. The molecule has 1 aromatic heterocycles. The molecule has 1 amide bonds. The molecular formula is C12H19N3OS. The Kier molecular flexibility index (Phi) is 4.48. The molecule has 5 heteroatoms. The molecule has 2 rings (SSSR count). The minimum atomic E-state index is 0.0936.